The lowest BCUT2D eigenvalue weighted by Gasteiger charge is -2.20. The predicted molar refractivity (Wildman–Crippen MR) is 60.5 cm³/mol. The summed E-state index contributed by atoms with van der Waals surface area (Å²) in [6.07, 6.45) is 5.87. The smallest absolute Gasteiger partial charge is 0.223 e. The molecule has 15 heavy (non-hydrogen) atoms. The zero-order valence-corrected chi connectivity index (χ0v) is 9.88. The largest absolute Gasteiger partial charge is 0.394 e. The van der Waals surface area contributed by atoms with Crippen molar-refractivity contribution in [1.29, 1.82) is 0 Å². The zero-order valence-electron chi connectivity index (χ0n) is 9.88. The molecule has 0 atom stereocenters. The molecule has 3 nitrogen and oxygen atoms in total. The van der Waals surface area contributed by atoms with Crippen LogP contribution in [0.1, 0.15) is 52.4 Å². The number of hydrogen-bond acceptors (Lipinski definition) is 2. The van der Waals surface area contributed by atoms with Gasteiger partial charge in [-0.15, -0.1) is 0 Å². The maximum absolute atomic E-state index is 11.9. The van der Waals surface area contributed by atoms with Gasteiger partial charge in [-0.05, 0) is 25.7 Å². The quantitative estimate of drug-likeness (QED) is 0.678. The molecule has 0 radical (unpaired) electrons. The van der Waals surface area contributed by atoms with Crippen LogP contribution in [-0.4, -0.2) is 23.2 Å². The topological polar surface area (TPSA) is 49.3 Å². The highest BCUT2D eigenvalue weighted by Gasteiger charge is 2.44. The standard InChI is InChI=1S/C12H23NO2/c1-3-5-10(6-4-2)11(15)13-12(9-14)7-8-12/h10,14H,3-9H2,1-2H3,(H,13,15). The zero-order chi connectivity index (χ0) is 11.3. The fourth-order valence-corrected chi connectivity index (χ4v) is 1.94. The molecule has 1 saturated carbocycles. The van der Waals surface area contributed by atoms with E-state index in [1.54, 1.807) is 0 Å². The number of hydrogen-bond donors (Lipinski definition) is 2. The van der Waals surface area contributed by atoms with Gasteiger partial charge in [0, 0.05) is 5.92 Å². The summed E-state index contributed by atoms with van der Waals surface area (Å²) in [4.78, 5) is 11.9. The minimum Gasteiger partial charge on any atom is -0.394 e. The maximum atomic E-state index is 11.9. The van der Waals surface area contributed by atoms with Crippen LogP contribution in [0.4, 0.5) is 0 Å². The highest BCUT2D eigenvalue weighted by Crippen LogP contribution is 2.35. The fraction of sp³-hybridized carbons (Fsp3) is 0.917. The van der Waals surface area contributed by atoms with E-state index in [4.69, 9.17) is 5.11 Å². The van der Waals surface area contributed by atoms with E-state index >= 15 is 0 Å². The van der Waals surface area contributed by atoms with Crippen LogP contribution < -0.4 is 5.32 Å². The third-order valence-corrected chi connectivity index (χ3v) is 3.19. The number of rotatable bonds is 7. The Hall–Kier alpha value is -0.570. The van der Waals surface area contributed by atoms with Gasteiger partial charge in [-0.2, -0.15) is 0 Å². The molecule has 0 aromatic carbocycles. The molecule has 0 heterocycles. The van der Waals surface area contributed by atoms with Crippen molar-refractivity contribution >= 4 is 5.91 Å². The first-order chi connectivity index (χ1) is 7.17. The Morgan fingerprint density at radius 1 is 1.33 bits per heavy atom. The van der Waals surface area contributed by atoms with Gasteiger partial charge in [-0.1, -0.05) is 26.7 Å². The van der Waals surface area contributed by atoms with Crippen molar-refractivity contribution < 1.29 is 9.90 Å². The second kappa shape index (κ2) is 5.50. The molecule has 1 aliphatic rings. The third-order valence-electron chi connectivity index (χ3n) is 3.19. The van der Waals surface area contributed by atoms with E-state index in [1.807, 2.05) is 0 Å². The van der Waals surface area contributed by atoms with Gasteiger partial charge in [0.25, 0.3) is 0 Å². The Morgan fingerprint density at radius 3 is 2.20 bits per heavy atom. The lowest BCUT2D eigenvalue weighted by atomic mass is 9.97. The second-order valence-corrected chi connectivity index (χ2v) is 4.70. The van der Waals surface area contributed by atoms with Gasteiger partial charge >= 0.3 is 0 Å². The van der Waals surface area contributed by atoms with Gasteiger partial charge in [0.05, 0.1) is 12.1 Å². The molecule has 0 saturated heterocycles. The van der Waals surface area contributed by atoms with Crippen LogP contribution in [0.25, 0.3) is 0 Å². The molecule has 1 rings (SSSR count). The number of aliphatic hydroxyl groups excluding tert-OH is 1. The summed E-state index contributed by atoms with van der Waals surface area (Å²) < 4.78 is 0. The Labute approximate surface area is 92.3 Å². The van der Waals surface area contributed by atoms with E-state index in [9.17, 15) is 4.79 Å². The second-order valence-electron chi connectivity index (χ2n) is 4.70. The normalized spacial score (nSPS) is 17.9. The van der Waals surface area contributed by atoms with Crippen LogP contribution in [0.15, 0.2) is 0 Å². The van der Waals surface area contributed by atoms with Crippen molar-refractivity contribution in [1.82, 2.24) is 5.32 Å². The Bertz CT molecular complexity index is 206. The highest BCUT2D eigenvalue weighted by molar-refractivity contribution is 5.79. The molecule has 1 amide bonds. The molecule has 0 aliphatic heterocycles. The van der Waals surface area contributed by atoms with Gasteiger partial charge < -0.3 is 10.4 Å². The van der Waals surface area contributed by atoms with Crippen molar-refractivity contribution in [3.8, 4) is 0 Å². The van der Waals surface area contributed by atoms with E-state index in [0.717, 1.165) is 38.5 Å². The summed E-state index contributed by atoms with van der Waals surface area (Å²) in [7, 11) is 0. The molecule has 1 aliphatic carbocycles. The highest BCUT2D eigenvalue weighted by atomic mass is 16.3. The Kier molecular flexibility index (Phi) is 4.58. The molecule has 0 unspecified atom stereocenters. The van der Waals surface area contributed by atoms with Crippen LogP contribution in [0.3, 0.4) is 0 Å². The van der Waals surface area contributed by atoms with Gasteiger partial charge in [0.1, 0.15) is 0 Å². The van der Waals surface area contributed by atoms with Gasteiger partial charge in [-0.25, -0.2) is 0 Å². The van der Waals surface area contributed by atoms with Gasteiger partial charge in [0.2, 0.25) is 5.91 Å². The van der Waals surface area contributed by atoms with Crippen LogP contribution in [0, 0.1) is 5.92 Å². The minimum absolute atomic E-state index is 0.0870. The minimum atomic E-state index is -0.253. The molecule has 3 heteroatoms. The van der Waals surface area contributed by atoms with E-state index < -0.39 is 0 Å². The molecule has 2 N–H and O–H groups in total. The van der Waals surface area contributed by atoms with Crippen LogP contribution in [0.5, 0.6) is 0 Å². The first-order valence-electron chi connectivity index (χ1n) is 6.10. The lowest BCUT2D eigenvalue weighted by Crippen LogP contribution is -2.42. The number of nitrogens with one attached hydrogen (secondary N) is 1. The first-order valence-corrected chi connectivity index (χ1v) is 6.10. The van der Waals surface area contributed by atoms with Gasteiger partial charge in [0.15, 0.2) is 0 Å². The summed E-state index contributed by atoms with van der Waals surface area (Å²) in [6.45, 7) is 4.30. The van der Waals surface area contributed by atoms with E-state index in [-0.39, 0.29) is 24.0 Å². The Balaban J connectivity index is 2.41. The number of aliphatic hydroxyl groups is 1. The van der Waals surface area contributed by atoms with Gasteiger partial charge in [-0.3, -0.25) is 4.79 Å². The van der Waals surface area contributed by atoms with Crippen molar-refractivity contribution in [3.63, 3.8) is 0 Å². The summed E-state index contributed by atoms with van der Waals surface area (Å²) in [5.74, 6) is 0.286. The van der Waals surface area contributed by atoms with E-state index in [2.05, 4.69) is 19.2 Å². The number of carbonyl (C=O) groups excluding carboxylic acids is 1. The molecule has 0 spiro atoms. The SMILES string of the molecule is CCCC(CCC)C(=O)NC1(CO)CC1. The van der Waals surface area contributed by atoms with Crippen molar-refractivity contribution in [2.24, 2.45) is 5.92 Å². The van der Waals surface area contributed by atoms with Crippen LogP contribution in [0.2, 0.25) is 0 Å². The predicted octanol–water partition coefficient (Wildman–Crippen LogP) is 1.84. The summed E-state index contributed by atoms with van der Waals surface area (Å²) in [5.41, 5.74) is -0.253. The number of carbonyl (C=O) groups is 1. The van der Waals surface area contributed by atoms with Crippen molar-refractivity contribution in [2.45, 2.75) is 57.9 Å². The molecule has 1 fully saturated rings. The van der Waals surface area contributed by atoms with Crippen molar-refractivity contribution in [3.05, 3.63) is 0 Å². The van der Waals surface area contributed by atoms with Crippen molar-refractivity contribution in [2.75, 3.05) is 6.61 Å². The van der Waals surface area contributed by atoms with E-state index in [1.165, 1.54) is 0 Å². The Morgan fingerprint density at radius 2 is 1.87 bits per heavy atom. The monoisotopic (exact) mass is 213 g/mol. The molecular weight excluding hydrogens is 190 g/mol. The summed E-state index contributed by atoms with van der Waals surface area (Å²) in [5, 5.41) is 12.1. The average molecular weight is 213 g/mol. The lowest BCUT2D eigenvalue weighted by molar-refractivity contribution is -0.126. The van der Waals surface area contributed by atoms with Crippen LogP contribution >= 0.6 is 0 Å². The summed E-state index contributed by atoms with van der Waals surface area (Å²) >= 11 is 0. The molecular formula is C12H23NO2. The fourth-order valence-electron chi connectivity index (χ4n) is 1.94. The molecule has 88 valence electrons. The third kappa shape index (κ3) is 3.49. The average Bonchev–Trinajstić information content (AvgIpc) is 2.98. The number of amides is 1. The molecule has 0 bridgehead atoms. The van der Waals surface area contributed by atoms with Crippen LogP contribution in [-0.2, 0) is 4.79 Å². The first kappa shape index (κ1) is 12.5. The molecule has 0 aromatic heterocycles. The maximum Gasteiger partial charge on any atom is 0.223 e. The molecule has 0 aromatic rings. The van der Waals surface area contributed by atoms with E-state index in [0.29, 0.717) is 0 Å². The summed E-state index contributed by atoms with van der Waals surface area (Å²) in [6, 6.07) is 0.